The molecule has 1 heterocycles. The van der Waals surface area contributed by atoms with Gasteiger partial charge in [-0.3, -0.25) is 0 Å². The van der Waals surface area contributed by atoms with E-state index >= 15 is 0 Å². The van der Waals surface area contributed by atoms with E-state index in [1.807, 2.05) is 54.6 Å². The molecule has 0 amide bonds. The topological polar surface area (TPSA) is 26.3 Å². The Hall–Kier alpha value is -5.17. The second kappa shape index (κ2) is 9.61. The molecule has 1 atom stereocenters. The fourth-order valence-electron chi connectivity index (χ4n) is 5.56. The van der Waals surface area contributed by atoms with Crippen molar-refractivity contribution < 1.29 is 9.53 Å². The fourth-order valence-corrected chi connectivity index (χ4v) is 5.56. The van der Waals surface area contributed by atoms with Crippen LogP contribution in [-0.4, -0.2) is 5.97 Å². The largest absolute Gasteiger partial charge is 0.448 e. The second-order valence-corrected chi connectivity index (χ2v) is 9.71. The van der Waals surface area contributed by atoms with E-state index in [-0.39, 0.29) is 5.97 Å². The Bertz CT molecular complexity index is 1850. The highest BCUT2D eigenvalue weighted by Gasteiger charge is 2.32. The molecule has 0 saturated heterocycles. The maximum atomic E-state index is 13.1. The number of fused-ring (bicyclic) bond motifs is 3. The summed E-state index contributed by atoms with van der Waals surface area (Å²) in [5.41, 5.74) is 10.1. The van der Waals surface area contributed by atoms with Crippen molar-refractivity contribution >= 4 is 38.7 Å². The lowest BCUT2D eigenvalue weighted by Crippen LogP contribution is -2.20. The first-order chi connectivity index (χ1) is 19.3. The number of rotatable bonds is 3. The van der Waals surface area contributed by atoms with Crippen molar-refractivity contribution in [1.29, 1.82) is 0 Å². The Morgan fingerprint density at radius 2 is 1.05 bits per heavy atom. The molecule has 39 heavy (non-hydrogen) atoms. The second-order valence-electron chi connectivity index (χ2n) is 9.71. The van der Waals surface area contributed by atoms with Crippen molar-refractivity contribution in [3.8, 4) is 0 Å². The average Bonchev–Trinajstić information content (AvgIpc) is 3.01. The highest BCUT2D eigenvalue weighted by atomic mass is 16.5. The first-order valence-electron chi connectivity index (χ1n) is 13.1. The predicted molar refractivity (Wildman–Crippen MR) is 158 cm³/mol. The number of cyclic esters (lactones) is 1. The Balaban J connectivity index is 1.65. The summed E-state index contributed by atoms with van der Waals surface area (Å²) in [5.74, 6) is -0.318. The van der Waals surface area contributed by atoms with Crippen molar-refractivity contribution in [3.05, 3.63) is 173 Å². The first kappa shape index (κ1) is 23.0. The summed E-state index contributed by atoms with van der Waals surface area (Å²) in [4.78, 5) is 13.1. The van der Waals surface area contributed by atoms with Crippen LogP contribution in [0.1, 0.15) is 38.7 Å². The van der Waals surface area contributed by atoms with Gasteiger partial charge in [-0.1, -0.05) is 133 Å². The van der Waals surface area contributed by atoms with E-state index in [9.17, 15) is 4.79 Å². The maximum absolute atomic E-state index is 13.1. The lowest BCUT2D eigenvalue weighted by molar-refractivity contribution is 0.0388. The van der Waals surface area contributed by atoms with Gasteiger partial charge in [0.1, 0.15) is 0 Å². The van der Waals surface area contributed by atoms with Crippen LogP contribution in [0.25, 0.3) is 32.7 Å². The highest BCUT2D eigenvalue weighted by molar-refractivity contribution is 6.06. The molecule has 0 spiro atoms. The molecule has 1 aliphatic heterocycles. The zero-order chi connectivity index (χ0) is 26.2. The molecule has 0 saturated carbocycles. The molecule has 2 nitrogen and oxygen atoms in total. The first-order valence-corrected chi connectivity index (χ1v) is 13.1. The van der Waals surface area contributed by atoms with Crippen LogP contribution in [0, 0.1) is 0 Å². The van der Waals surface area contributed by atoms with Crippen LogP contribution in [0.5, 0.6) is 0 Å². The molecule has 0 aromatic heterocycles. The fraction of sp³-hybridized carbons (Fsp3) is 0.0270. The van der Waals surface area contributed by atoms with Crippen LogP contribution in [0.3, 0.4) is 0 Å². The quantitative estimate of drug-likeness (QED) is 0.179. The van der Waals surface area contributed by atoms with E-state index in [1.54, 1.807) is 0 Å². The van der Waals surface area contributed by atoms with Crippen LogP contribution >= 0.6 is 0 Å². The SMILES string of the molecule is O=C1OC(c2ccccc2)C(=C=C(c2cccc3ccccc23)c2cccc3ccccc23)c2ccccc21. The number of benzene rings is 6. The number of carbonyl (C=O) groups is 1. The Morgan fingerprint density at radius 3 is 1.69 bits per heavy atom. The van der Waals surface area contributed by atoms with Gasteiger partial charge in [-0.05, 0) is 44.3 Å². The molecule has 0 fully saturated rings. The van der Waals surface area contributed by atoms with Gasteiger partial charge in [-0.25, -0.2) is 4.79 Å². The predicted octanol–water partition coefficient (Wildman–Crippen LogP) is 9.02. The molecular weight excluding hydrogens is 476 g/mol. The van der Waals surface area contributed by atoms with Gasteiger partial charge in [-0.2, -0.15) is 0 Å². The van der Waals surface area contributed by atoms with Crippen LogP contribution in [0.4, 0.5) is 0 Å². The minimum atomic E-state index is -0.575. The lowest BCUT2D eigenvalue weighted by atomic mass is 9.86. The van der Waals surface area contributed by atoms with Gasteiger partial charge < -0.3 is 4.74 Å². The third kappa shape index (κ3) is 4.05. The smallest absolute Gasteiger partial charge is 0.339 e. The minimum Gasteiger partial charge on any atom is -0.448 e. The summed E-state index contributed by atoms with van der Waals surface area (Å²) in [7, 11) is 0. The van der Waals surface area contributed by atoms with Crippen molar-refractivity contribution in [2.45, 2.75) is 6.10 Å². The third-order valence-electron chi connectivity index (χ3n) is 7.40. The molecule has 6 aromatic carbocycles. The van der Waals surface area contributed by atoms with Gasteiger partial charge in [-0.15, -0.1) is 5.73 Å². The van der Waals surface area contributed by atoms with Crippen LogP contribution in [0.15, 0.2) is 145 Å². The van der Waals surface area contributed by atoms with E-state index in [4.69, 9.17) is 4.74 Å². The van der Waals surface area contributed by atoms with Crippen molar-refractivity contribution in [2.24, 2.45) is 0 Å². The maximum Gasteiger partial charge on any atom is 0.339 e. The Morgan fingerprint density at radius 1 is 0.538 bits per heavy atom. The van der Waals surface area contributed by atoms with Gasteiger partial charge in [0.25, 0.3) is 0 Å². The van der Waals surface area contributed by atoms with Gasteiger partial charge in [0.15, 0.2) is 6.10 Å². The number of esters is 1. The summed E-state index contributed by atoms with van der Waals surface area (Å²) in [6.07, 6.45) is -0.575. The molecule has 1 unspecified atom stereocenters. The minimum absolute atomic E-state index is 0.318. The normalized spacial score (nSPS) is 14.5. The molecule has 2 heteroatoms. The van der Waals surface area contributed by atoms with Crippen molar-refractivity contribution in [3.63, 3.8) is 0 Å². The summed E-state index contributed by atoms with van der Waals surface area (Å²) in [6.45, 7) is 0. The monoisotopic (exact) mass is 500 g/mol. The Kier molecular flexibility index (Phi) is 5.66. The number of ether oxygens (including phenoxy) is 1. The highest BCUT2D eigenvalue weighted by Crippen LogP contribution is 2.42. The molecule has 0 aliphatic carbocycles. The van der Waals surface area contributed by atoms with Crippen LogP contribution in [-0.2, 0) is 4.74 Å². The number of hydrogen-bond donors (Lipinski definition) is 0. The lowest BCUT2D eigenvalue weighted by Gasteiger charge is -2.27. The number of carbonyl (C=O) groups excluding carboxylic acids is 1. The molecule has 184 valence electrons. The zero-order valence-electron chi connectivity index (χ0n) is 21.2. The zero-order valence-corrected chi connectivity index (χ0v) is 21.2. The standard InChI is InChI=1S/C37H24O2/c38-37-33-21-9-8-20-32(33)35(36(39-37)27-14-2-1-3-15-27)24-34(30-22-10-16-25-12-4-6-18-28(25)30)31-23-11-17-26-13-5-7-19-29(26)31/h1-23,36H. The molecule has 6 aromatic rings. The molecule has 0 radical (unpaired) electrons. The van der Waals surface area contributed by atoms with Crippen molar-refractivity contribution in [1.82, 2.24) is 0 Å². The summed E-state index contributed by atoms with van der Waals surface area (Å²) < 4.78 is 6.11. The van der Waals surface area contributed by atoms with Crippen molar-refractivity contribution in [2.75, 3.05) is 0 Å². The van der Waals surface area contributed by atoms with E-state index in [0.717, 1.165) is 54.9 Å². The van der Waals surface area contributed by atoms with Gasteiger partial charge >= 0.3 is 5.97 Å². The molecule has 1 aliphatic rings. The van der Waals surface area contributed by atoms with E-state index < -0.39 is 6.10 Å². The van der Waals surface area contributed by atoms with Gasteiger partial charge in [0.2, 0.25) is 0 Å². The van der Waals surface area contributed by atoms with E-state index in [0.29, 0.717) is 5.56 Å². The van der Waals surface area contributed by atoms with Crippen LogP contribution in [0.2, 0.25) is 0 Å². The molecule has 0 bridgehead atoms. The molecule has 0 N–H and O–H groups in total. The van der Waals surface area contributed by atoms with Gasteiger partial charge in [0, 0.05) is 16.7 Å². The van der Waals surface area contributed by atoms with E-state index in [2.05, 4.69) is 90.7 Å². The van der Waals surface area contributed by atoms with Crippen LogP contribution < -0.4 is 0 Å². The molecular formula is C37H24O2. The Labute approximate surface area is 227 Å². The average molecular weight is 501 g/mol. The molecule has 7 rings (SSSR count). The van der Waals surface area contributed by atoms with Gasteiger partial charge in [0.05, 0.1) is 5.56 Å². The number of hydrogen-bond acceptors (Lipinski definition) is 2. The third-order valence-corrected chi connectivity index (χ3v) is 7.40. The van der Waals surface area contributed by atoms with E-state index in [1.165, 1.54) is 0 Å². The summed E-state index contributed by atoms with van der Waals surface area (Å²) >= 11 is 0. The summed E-state index contributed by atoms with van der Waals surface area (Å²) in [5, 5.41) is 4.62. The summed E-state index contributed by atoms with van der Waals surface area (Å²) in [6, 6.07) is 47.2.